The van der Waals surface area contributed by atoms with Crippen LogP contribution in [-0.2, 0) is 11.5 Å². The lowest BCUT2D eigenvalue weighted by atomic mass is 10.5. The predicted molar refractivity (Wildman–Crippen MR) is 42.1 cm³/mol. The zero-order valence-electron chi connectivity index (χ0n) is 6.16. The van der Waals surface area contributed by atoms with Crippen molar-refractivity contribution in [3.8, 4) is 0 Å². The third-order valence-electron chi connectivity index (χ3n) is 1.39. The first-order valence-electron chi connectivity index (χ1n) is 2.87. The van der Waals surface area contributed by atoms with Crippen molar-refractivity contribution in [1.82, 2.24) is 4.90 Å². The van der Waals surface area contributed by atoms with Crippen molar-refractivity contribution in [1.29, 1.82) is 0 Å². The van der Waals surface area contributed by atoms with E-state index in [2.05, 4.69) is 8.80 Å². The van der Waals surface area contributed by atoms with Gasteiger partial charge >= 0.3 is 0 Å². The molecule has 0 aromatic carbocycles. The van der Waals surface area contributed by atoms with Crippen molar-refractivity contribution >= 4 is 23.2 Å². The first-order chi connectivity index (χ1) is 4.61. The Bertz CT molecular complexity index is 181. The van der Waals surface area contributed by atoms with Crippen LogP contribution in [0.3, 0.4) is 0 Å². The van der Waals surface area contributed by atoms with Crippen LogP contribution in [-0.4, -0.2) is 28.2 Å². The second-order valence-electron chi connectivity index (χ2n) is 2.07. The standard InChI is InChI=1S/C5H9N3OS/c1-4-6-10(9)7-5(2)8(4)3/h1-3H3. The van der Waals surface area contributed by atoms with E-state index < -0.39 is 11.5 Å². The molecule has 1 rings (SSSR count). The van der Waals surface area contributed by atoms with Gasteiger partial charge < -0.3 is 9.45 Å². The topological polar surface area (TPSA) is 51.0 Å². The summed E-state index contributed by atoms with van der Waals surface area (Å²) in [5.74, 6) is 1.48. The fraction of sp³-hybridized carbons (Fsp3) is 0.600. The smallest absolute Gasteiger partial charge is 0.250 e. The van der Waals surface area contributed by atoms with Crippen molar-refractivity contribution in [2.45, 2.75) is 13.8 Å². The fourth-order valence-electron chi connectivity index (χ4n) is 0.603. The van der Waals surface area contributed by atoms with Gasteiger partial charge in [0.15, 0.2) is 11.7 Å². The van der Waals surface area contributed by atoms with E-state index >= 15 is 0 Å². The summed E-state index contributed by atoms with van der Waals surface area (Å²) < 4.78 is 18.2. The molecular formula is C5H9N3OS. The molecule has 0 bridgehead atoms. The molecule has 0 radical (unpaired) electrons. The van der Waals surface area contributed by atoms with E-state index in [1.54, 1.807) is 18.7 Å². The van der Waals surface area contributed by atoms with Gasteiger partial charge in [-0.25, -0.2) is 0 Å². The number of hydrogen-bond acceptors (Lipinski definition) is 4. The molecule has 4 nitrogen and oxygen atoms in total. The molecule has 0 unspecified atom stereocenters. The zero-order valence-corrected chi connectivity index (χ0v) is 6.97. The van der Waals surface area contributed by atoms with Gasteiger partial charge in [-0.2, -0.15) is 0 Å². The van der Waals surface area contributed by atoms with Crippen LogP contribution in [0, 0.1) is 0 Å². The molecule has 5 heteroatoms. The second kappa shape index (κ2) is 2.59. The number of hydrogen-bond donors (Lipinski definition) is 0. The summed E-state index contributed by atoms with van der Waals surface area (Å²) >= 11 is -1.39. The van der Waals surface area contributed by atoms with Crippen molar-refractivity contribution in [3.63, 3.8) is 0 Å². The molecule has 1 aliphatic heterocycles. The van der Waals surface area contributed by atoms with Gasteiger partial charge in [0.05, 0.1) is 0 Å². The van der Waals surface area contributed by atoms with Crippen LogP contribution in [0.1, 0.15) is 13.8 Å². The van der Waals surface area contributed by atoms with Crippen molar-refractivity contribution in [2.24, 2.45) is 8.80 Å². The van der Waals surface area contributed by atoms with Crippen LogP contribution >= 0.6 is 0 Å². The molecule has 0 amide bonds. The van der Waals surface area contributed by atoms with Gasteiger partial charge in [-0.05, 0) is 22.6 Å². The molecule has 0 fully saturated rings. The summed E-state index contributed by atoms with van der Waals surface area (Å²) in [6.45, 7) is 3.60. The minimum atomic E-state index is -1.39. The average molecular weight is 159 g/mol. The van der Waals surface area contributed by atoms with Gasteiger partial charge in [0.25, 0.3) is 0 Å². The normalized spacial score (nSPS) is 20.6. The van der Waals surface area contributed by atoms with Crippen molar-refractivity contribution < 1.29 is 4.55 Å². The van der Waals surface area contributed by atoms with Crippen LogP contribution in [0.25, 0.3) is 0 Å². The van der Waals surface area contributed by atoms with Crippen LogP contribution in [0.2, 0.25) is 0 Å². The third-order valence-corrected chi connectivity index (χ3v) is 2.23. The van der Waals surface area contributed by atoms with Gasteiger partial charge in [-0.1, -0.05) is 0 Å². The van der Waals surface area contributed by atoms with E-state index in [0.29, 0.717) is 0 Å². The first-order valence-corrected chi connectivity index (χ1v) is 3.94. The minimum absolute atomic E-state index is 0.742. The SMILES string of the molecule is CC1=N[S+]([O-])N=C(C)N1C. The monoisotopic (exact) mass is 159 g/mol. The maximum Gasteiger partial charge on any atom is 0.250 e. The maximum atomic E-state index is 10.7. The molecule has 56 valence electrons. The van der Waals surface area contributed by atoms with E-state index in [9.17, 15) is 4.55 Å². The summed E-state index contributed by atoms with van der Waals surface area (Å²) in [5.41, 5.74) is 0. The molecule has 0 saturated carbocycles. The van der Waals surface area contributed by atoms with Crippen LogP contribution in [0.5, 0.6) is 0 Å². The molecule has 0 N–H and O–H groups in total. The first kappa shape index (κ1) is 7.56. The molecule has 0 spiro atoms. The van der Waals surface area contributed by atoms with Gasteiger partial charge in [0.2, 0.25) is 11.5 Å². The molecular weight excluding hydrogens is 150 g/mol. The number of nitrogens with zero attached hydrogens (tertiary/aromatic N) is 3. The lowest BCUT2D eigenvalue weighted by Gasteiger charge is -2.18. The van der Waals surface area contributed by atoms with Gasteiger partial charge in [-0.15, -0.1) is 0 Å². The van der Waals surface area contributed by atoms with Crippen LogP contribution in [0.4, 0.5) is 0 Å². The highest BCUT2D eigenvalue weighted by molar-refractivity contribution is 7.89. The predicted octanol–water partition coefficient (Wildman–Crippen LogP) is 0.347. The molecule has 0 aliphatic carbocycles. The fourth-order valence-corrected chi connectivity index (χ4v) is 1.34. The highest BCUT2D eigenvalue weighted by Gasteiger charge is 2.17. The number of amidine groups is 2. The molecule has 0 aromatic heterocycles. The van der Waals surface area contributed by atoms with E-state index in [0.717, 1.165) is 11.7 Å². The Morgan fingerprint density at radius 2 is 1.70 bits per heavy atom. The van der Waals surface area contributed by atoms with Gasteiger partial charge in [0.1, 0.15) is 0 Å². The van der Waals surface area contributed by atoms with E-state index in [-0.39, 0.29) is 0 Å². The van der Waals surface area contributed by atoms with Crippen molar-refractivity contribution in [2.75, 3.05) is 7.05 Å². The summed E-state index contributed by atoms with van der Waals surface area (Å²) in [6, 6.07) is 0. The minimum Gasteiger partial charge on any atom is -0.565 e. The van der Waals surface area contributed by atoms with Crippen molar-refractivity contribution in [3.05, 3.63) is 0 Å². The molecule has 0 aromatic rings. The average Bonchev–Trinajstić information content (AvgIpc) is 1.82. The van der Waals surface area contributed by atoms with Gasteiger partial charge in [0, 0.05) is 7.05 Å². The Morgan fingerprint density at radius 1 is 1.30 bits per heavy atom. The summed E-state index contributed by atoms with van der Waals surface area (Å²) in [5, 5.41) is 0. The Labute approximate surface area is 63.1 Å². The third kappa shape index (κ3) is 1.30. The van der Waals surface area contributed by atoms with E-state index in [1.165, 1.54) is 0 Å². The lowest BCUT2D eigenvalue weighted by Crippen LogP contribution is -2.33. The second-order valence-corrected chi connectivity index (χ2v) is 2.89. The maximum absolute atomic E-state index is 10.7. The Morgan fingerprint density at radius 3 is 2.10 bits per heavy atom. The van der Waals surface area contributed by atoms with Crippen LogP contribution in [0.15, 0.2) is 8.80 Å². The molecule has 1 heterocycles. The molecule has 0 atom stereocenters. The largest absolute Gasteiger partial charge is 0.565 e. The van der Waals surface area contributed by atoms with Gasteiger partial charge in [-0.3, -0.25) is 0 Å². The Balaban J connectivity index is 2.83. The van der Waals surface area contributed by atoms with Crippen LogP contribution < -0.4 is 0 Å². The Kier molecular flexibility index (Phi) is 1.96. The lowest BCUT2D eigenvalue weighted by molar-refractivity contribution is 0.593. The summed E-state index contributed by atoms with van der Waals surface area (Å²) in [6.07, 6.45) is 0. The molecule has 0 saturated heterocycles. The highest BCUT2D eigenvalue weighted by Crippen LogP contribution is 2.06. The highest BCUT2D eigenvalue weighted by atomic mass is 32.2. The Hall–Kier alpha value is -0.550. The quantitative estimate of drug-likeness (QED) is 0.479. The molecule has 10 heavy (non-hydrogen) atoms. The summed E-state index contributed by atoms with van der Waals surface area (Å²) in [7, 11) is 1.84. The van der Waals surface area contributed by atoms with E-state index in [4.69, 9.17) is 0 Å². The zero-order chi connectivity index (χ0) is 7.72. The van der Waals surface area contributed by atoms with E-state index in [1.807, 2.05) is 7.05 Å². The summed E-state index contributed by atoms with van der Waals surface area (Å²) in [4.78, 5) is 1.79. The molecule has 1 aliphatic rings. The number of rotatable bonds is 0.